The molecule has 0 radical (unpaired) electrons. The van der Waals surface area contributed by atoms with E-state index in [1.54, 1.807) is 0 Å². The molecule has 1 aromatic rings. The first-order valence-corrected chi connectivity index (χ1v) is 6.06. The maximum Gasteiger partial charge on any atom is 0.0699 e. The van der Waals surface area contributed by atoms with Gasteiger partial charge in [-0.15, -0.1) is 0 Å². The van der Waals surface area contributed by atoms with E-state index in [2.05, 4.69) is 6.07 Å². The molecule has 2 N–H and O–H groups in total. The van der Waals surface area contributed by atoms with E-state index in [0.717, 1.165) is 42.4 Å². The van der Waals surface area contributed by atoms with Crippen LogP contribution in [0.3, 0.4) is 0 Å². The lowest BCUT2D eigenvalue weighted by atomic mass is 9.86. The molecule has 1 aromatic carbocycles. The SMILES string of the molecule is N#CCc1c(Cl)c(N)c(Cl)c2c1CCCC2. The number of halogens is 2. The Morgan fingerprint density at radius 3 is 2.38 bits per heavy atom. The Hall–Kier alpha value is -0.910. The number of benzene rings is 1. The van der Waals surface area contributed by atoms with Crippen molar-refractivity contribution < 1.29 is 0 Å². The fraction of sp³-hybridized carbons (Fsp3) is 0.417. The zero-order valence-corrected chi connectivity index (χ0v) is 10.3. The van der Waals surface area contributed by atoms with E-state index in [9.17, 15) is 0 Å². The average Bonchev–Trinajstić information content (AvgIpc) is 2.32. The fourth-order valence-electron chi connectivity index (χ4n) is 2.30. The molecule has 16 heavy (non-hydrogen) atoms. The summed E-state index contributed by atoms with van der Waals surface area (Å²) >= 11 is 12.3. The van der Waals surface area contributed by atoms with E-state index in [1.165, 1.54) is 0 Å². The summed E-state index contributed by atoms with van der Waals surface area (Å²) in [7, 11) is 0. The van der Waals surface area contributed by atoms with Crippen molar-refractivity contribution in [2.75, 3.05) is 5.73 Å². The lowest BCUT2D eigenvalue weighted by Crippen LogP contribution is -2.10. The second-order valence-electron chi connectivity index (χ2n) is 4.02. The highest BCUT2D eigenvalue weighted by Gasteiger charge is 2.22. The van der Waals surface area contributed by atoms with Crippen LogP contribution in [0.5, 0.6) is 0 Å². The van der Waals surface area contributed by atoms with Crippen LogP contribution in [-0.4, -0.2) is 0 Å². The quantitative estimate of drug-likeness (QED) is 0.780. The summed E-state index contributed by atoms with van der Waals surface area (Å²) in [4.78, 5) is 0. The van der Waals surface area contributed by atoms with Gasteiger partial charge in [-0.05, 0) is 42.4 Å². The first-order chi connectivity index (χ1) is 7.66. The van der Waals surface area contributed by atoms with Crippen molar-refractivity contribution >= 4 is 28.9 Å². The van der Waals surface area contributed by atoms with Crippen LogP contribution in [0.25, 0.3) is 0 Å². The largest absolute Gasteiger partial charge is 0.396 e. The van der Waals surface area contributed by atoms with Crippen LogP contribution >= 0.6 is 23.2 Å². The van der Waals surface area contributed by atoms with Crippen LogP contribution in [0, 0.1) is 11.3 Å². The topological polar surface area (TPSA) is 49.8 Å². The van der Waals surface area contributed by atoms with Gasteiger partial charge in [0.15, 0.2) is 0 Å². The Morgan fingerprint density at radius 2 is 1.75 bits per heavy atom. The van der Waals surface area contributed by atoms with Crippen molar-refractivity contribution in [2.24, 2.45) is 0 Å². The van der Waals surface area contributed by atoms with E-state index < -0.39 is 0 Å². The number of hydrogen-bond donors (Lipinski definition) is 1. The van der Waals surface area contributed by atoms with Gasteiger partial charge in [0.05, 0.1) is 28.2 Å². The molecule has 0 aliphatic heterocycles. The molecule has 0 heterocycles. The highest BCUT2D eigenvalue weighted by atomic mass is 35.5. The van der Waals surface area contributed by atoms with Crippen LogP contribution in [0.2, 0.25) is 10.0 Å². The number of nitrogens with zero attached hydrogens (tertiary/aromatic N) is 1. The molecule has 84 valence electrons. The first-order valence-electron chi connectivity index (χ1n) is 5.30. The van der Waals surface area contributed by atoms with Crippen LogP contribution in [0.4, 0.5) is 5.69 Å². The third-order valence-corrected chi connectivity index (χ3v) is 3.95. The highest BCUT2D eigenvalue weighted by molar-refractivity contribution is 6.40. The van der Waals surface area contributed by atoms with E-state index >= 15 is 0 Å². The minimum atomic E-state index is 0.308. The number of nitrogens with two attached hydrogens (primary N) is 1. The molecule has 4 heteroatoms. The van der Waals surface area contributed by atoms with Crippen LogP contribution in [0.15, 0.2) is 0 Å². The van der Waals surface area contributed by atoms with Crippen molar-refractivity contribution in [3.05, 3.63) is 26.7 Å². The summed E-state index contributed by atoms with van der Waals surface area (Å²) in [6.07, 6.45) is 4.45. The number of hydrogen-bond acceptors (Lipinski definition) is 2. The maximum atomic E-state index is 8.82. The summed E-state index contributed by atoms with van der Waals surface area (Å²) < 4.78 is 0. The fourth-order valence-corrected chi connectivity index (χ4v) is 2.92. The Balaban J connectivity index is 2.68. The third kappa shape index (κ3) is 1.75. The molecule has 0 spiro atoms. The van der Waals surface area contributed by atoms with Gasteiger partial charge in [0, 0.05) is 0 Å². The molecule has 0 bridgehead atoms. The smallest absolute Gasteiger partial charge is 0.0699 e. The molecule has 2 rings (SSSR count). The molecular weight excluding hydrogens is 243 g/mol. The second kappa shape index (κ2) is 4.53. The molecular formula is C12H12Cl2N2. The minimum Gasteiger partial charge on any atom is -0.396 e. The molecule has 0 atom stereocenters. The zero-order valence-electron chi connectivity index (χ0n) is 8.82. The summed E-state index contributed by atoms with van der Waals surface area (Å²) in [6, 6.07) is 2.14. The summed E-state index contributed by atoms with van der Waals surface area (Å²) in [5.74, 6) is 0. The molecule has 0 saturated heterocycles. The number of nitrogen functional groups attached to an aromatic ring is 1. The standard InChI is InChI=1S/C12H12Cl2N2/c13-10-8-4-2-1-3-7(8)9(5-6-15)11(14)12(10)16/h1-5,16H2. The van der Waals surface area contributed by atoms with Crippen molar-refractivity contribution in [3.8, 4) is 6.07 Å². The number of nitriles is 1. The van der Waals surface area contributed by atoms with Gasteiger partial charge in [-0.3, -0.25) is 0 Å². The van der Waals surface area contributed by atoms with Gasteiger partial charge in [-0.25, -0.2) is 0 Å². The Kier molecular flexibility index (Phi) is 3.28. The predicted molar refractivity (Wildman–Crippen MR) is 66.8 cm³/mol. The lowest BCUT2D eigenvalue weighted by Gasteiger charge is -2.22. The summed E-state index contributed by atoms with van der Waals surface area (Å²) in [6.45, 7) is 0. The molecule has 0 unspecified atom stereocenters. The van der Waals surface area contributed by atoms with Crippen molar-refractivity contribution in [1.29, 1.82) is 5.26 Å². The van der Waals surface area contributed by atoms with Gasteiger partial charge in [0.1, 0.15) is 0 Å². The predicted octanol–water partition coefficient (Wildman–Crippen LogP) is 3.52. The Bertz CT molecular complexity index is 475. The molecule has 2 nitrogen and oxygen atoms in total. The van der Waals surface area contributed by atoms with E-state index in [1.807, 2.05) is 0 Å². The van der Waals surface area contributed by atoms with E-state index in [4.69, 9.17) is 34.2 Å². The molecule has 1 aliphatic rings. The molecule has 0 saturated carbocycles. The first kappa shape index (κ1) is 11.6. The van der Waals surface area contributed by atoms with Gasteiger partial charge in [-0.2, -0.15) is 5.26 Å². The number of anilines is 1. The van der Waals surface area contributed by atoms with Crippen LogP contribution in [-0.2, 0) is 19.3 Å². The molecule has 0 amide bonds. The summed E-state index contributed by atoms with van der Waals surface area (Å²) in [5, 5.41) is 9.87. The van der Waals surface area contributed by atoms with Crippen LogP contribution in [0.1, 0.15) is 29.5 Å². The Labute approximate surface area is 105 Å². The number of rotatable bonds is 1. The molecule has 0 aromatic heterocycles. The monoisotopic (exact) mass is 254 g/mol. The second-order valence-corrected chi connectivity index (χ2v) is 4.78. The zero-order chi connectivity index (χ0) is 11.7. The molecule has 0 fully saturated rings. The molecule has 1 aliphatic carbocycles. The van der Waals surface area contributed by atoms with Gasteiger partial charge in [0.2, 0.25) is 0 Å². The van der Waals surface area contributed by atoms with Crippen LogP contribution < -0.4 is 5.73 Å². The van der Waals surface area contributed by atoms with E-state index in [0.29, 0.717) is 22.2 Å². The highest BCUT2D eigenvalue weighted by Crippen LogP contribution is 2.40. The maximum absolute atomic E-state index is 8.82. The summed E-state index contributed by atoms with van der Waals surface area (Å²) in [5.41, 5.74) is 9.41. The lowest BCUT2D eigenvalue weighted by molar-refractivity contribution is 0.681. The normalized spacial score (nSPS) is 14.3. The van der Waals surface area contributed by atoms with Gasteiger partial charge < -0.3 is 5.73 Å². The number of fused-ring (bicyclic) bond motifs is 1. The minimum absolute atomic E-state index is 0.308. The van der Waals surface area contributed by atoms with Crippen molar-refractivity contribution in [2.45, 2.75) is 32.1 Å². The van der Waals surface area contributed by atoms with Gasteiger partial charge >= 0.3 is 0 Å². The van der Waals surface area contributed by atoms with E-state index in [-0.39, 0.29) is 0 Å². The van der Waals surface area contributed by atoms with Crippen molar-refractivity contribution in [1.82, 2.24) is 0 Å². The van der Waals surface area contributed by atoms with Gasteiger partial charge in [0.25, 0.3) is 0 Å². The third-order valence-electron chi connectivity index (χ3n) is 3.09. The van der Waals surface area contributed by atoms with Gasteiger partial charge in [-0.1, -0.05) is 23.2 Å². The van der Waals surface area contributed by atoms with Crippen molar-refractivity contribution in [3.63, 3.8) is 0 Å². The Morgan fingerprint density at radius 1 is 1.12 bits per heavy atom. The average molecular weight is 255 g/mol.